The van der Waals surface area contributed by atoms with Crippen LogP contribution in [0, 0.1) is 13.8 Å². The lowest BCUT2D eigenvalue weighted by Crippen LogP contribution is -2.06. The average molecular weight is 494 g/mol. The molecular formula is C30H27N3S2. The van der Waals surface area contributed by atoms with Gasteiger partial charge in [-0.3, -0.25) is 0 Å². The molecule has 0 spiro atoms. The second-order valence-electron chi connectivity index (χ2n) is 8.53. The van der Waals surface area contributed by atoms with Crippen molar-refractivity contribution in [1.29, 1.82) is 0 Å². The van der Waals surface area contributed by atoms with Crippen LogP contribution in [0.3, 0.4) is 0 Å². The maximum atomic E-state index is 5.09. The van der Waals surface area contributed by atoms with Crippen LogP contribution < -0.4 is 5.32 Å². The van der Waals surface area contributed by atoms with E-state index in [0.717, 1.165) is 39.9 Å². The van der Waals surface area contributed by atoms with Crippen molar-refractivity contribution in [2.45, 2.75) is 29.5 Å². The highest BCUT2D eigenvalue weighted by Crippen LogP contribution is 2.42. The smallest absolute Gasteiger partial charge is 0.155 e. The monoisotopic (exact) mass is 493 g/mol. The number of thiazole rings is 1. The molecule has 0 bridgehead atoms. The Morgan fingerprint density at radius 1 is 0.800 bits per heavy atom. The number of pyridine rings is 1. The van der Waals surface area contributed by atoms with Gasteiger partial charge in [-0.05, 0) is 61.7 Å². The van der Waals surface area contributed by atoms with E-state index in [2.05, 4.69) is 109 Å². The van der Waals surface area contributed by atoms with Crippen LogP contribution >= 0.6 is 23.1 Å². The molecule has 0 radical (unpaired) electrons. The van der Waals surface area contributed by atoms with Crippen molar-refractivity contribution in [3.63, 3.8) is 0 Å². The highest BCUT2D eigenvalue weighted by atomic mass is 32.2. The topological polar surface area (TPSA) is 37.8 Å². The van der Waals surface area contributed by atoms with Crippen LogP contribution in [0.1, 0.15) is 16.7 Å². The standard InChI is InChI=1S/C30H27N3S2/c1-21-11-13-26(14-12-21)34-30-33-28(24-10-6-7-22(2)19-24)29(35-30)25-16-18-32-27(20-25)31-17-15-23-8-4-3-5-9-23/h3-14,16,18-20H,15,17H2,1-2H3,(H,31,32). The van der Waals surface area contributed by atoms with Crippen LogP contribution in [-0.2, 0) is 6.42 Å². The number of benzene rings is 3. The van der Waals surface area contributed by atoms with Gasteiger partial charge in [0.25, 0.3) is 0 Å². The third-order valence-corrected chi connectivity index (χ3v) is 7.88. The Bertz CT molecular complexity index is 1410. The second-order valence-corrected chi connectivity index (χ2v) is 10.9. The lowest BCUT2D eigenvalue weighted by molar-refractivity contribution is 1.01. The molecule has 0 fully saturated rings. The molecule has 5 rings (SSSR count). The molecule has 3 nitrogen and oxygen atoms in total. The van der Waals surface area contributed by atoms with Crippen molar-refractivity contribution in [2.75, 3.05) is 11.9 Å². The van der Waals surface area contributed by atoms with Gasteiger partial charge >= 0.3 is 0 Å². The van der Waals surface area contributed by atoms with Gasteiger partial charge in [0.2, 0.25) is 0 Å². The fourth-order valence-corrected chi connectivity index (χ4v) is 6.02. The summed E-state index contributed by atoms with van der Waals surface area (Å²) in [5.74, 6) is 0.884. The van der Waals surface area contributed by atoms with E-state index in [1.807, 2.05) is 12.3 Å². The van der Waals surface area contributed by atoms with Gasteiger partial charge in [-0.1, -0.05) is 83.6 Å². The Kier molecular flexibility index (Phi) is 7.26. The van der Waals surface area contributed by atoms with Crippen LogP contribution in [0.4, 0.5) is 5.82 Å². The van der Waals surface area contributed by atoms with E-state index in [1.54, 1.807) is 23.1 Å². The van der Waals surface area contributed by atoms with Crippen LogP contribution in [0.5, 0.6) is 0 Å². The molecule has 2 heterocycles. The van der Waals surface area contributed by atoms with E-state index in [4.69, 9.17) is 4.98 Å². The number of hydrogen-bond donors (Lipinski definition) is 1. The molecule has 174 valence electrons. The summed E-state index contributed by atoms with van der Waals surface area (Å²) in [6.07, 6.45) is 2.84. The summed E-state index contributed by atoms with van der Waals surface area (Å²) < 4.78 is 1.04. The predicted octanol–water partition coefficient (Wildman–Crippen LogP) is 8.29. The normalized spacial score (nSPS) is 10.9. The van der Waals surface area contributed by atoms with Gasteiger partial charge < -0.3 is 5.32 Å². The highest BCUT2D eigenvalue weighted by molar-refractivity contribution is 8.01. The number of hydrogen-bond acceptors (Lipinski definition) is 5. The summed E-state index contributed by atoms with van der Waals surface area (Å²) in [5, 5.41) is 3.49. The highest BCUT2D eigenvalue weighted by Gasteiger charge is 2.17. The predicted molar refractivity (Wildman–Crippen MR) is 149 cm³/mol. The van der Waals surface area contributed by atoms with Gasteiger partial charge in [0, 0.05) is 23.2 Å². The summed E-state index contributed by atoms with van der Waals surface area (Å²) in [4.78, 5) is 12.0. The van der Waals surface area contributed by atoms with Crippen LogP contribution in [0.15, 0.2) is 106 Å². The van der Waals surface area contributed by atoms with E-state index in [0.29, 0.717) is 0 Å². The van der Waals surface area contributed by atoms with Gasteiger partial charge in [-0.25, -0.2) is 9.97 Å². The van der Waals surface area contributed by atoms with Crippen LogP contribution in [0.2, 0.25) is 0 Å². The fraction of sp³-hybridized carbons (Fsp3) is 0.133. The summed E-state index contributed by atoms with van der Waals surface area (Å²) in [6, 6.07) is 31.9. The zero-order valence-corrected chi connectivity index (χ0v) is 21.5. The quantitative estimate of drug-likeness (QED) is 0.236. The molecule has 2 aromatic heterocycles. The van der Waals surface area contributed by atoms with Crippen LogP contribution in [-0.4, -0.2) is 16.5 Å². The van der Waals surface area contributed by atoms with Crippen molar-refractivity contribution in [1.82, 2.24) is 9.97 Å². The first-order chi connectivity index (χ1) is 17.1. The maximum absolute atomic E-state index is 5.09. The molecule has 5 heteroatoms. The molecule has 0 unspecified atom stereocenters. The molecule has 35 heavy (non-hydrogen) atoms. The molecule has 0 amide bonds. The summed E-state index contributed by atoms with van der Waals surface area (Å²) in [6.45, 7) is 5.07. The maximum Gasteiger partial charge on any atom is 0.155 e. The lowest BCUT2D eigenvalue weighted by atomic mass is 10.1. The Morgan fingerprint density at radius 2 is 1.63 bits per heavy atom. The summed E-state index contributed by atoms with van der Waals surface area (Å²) in [7, 11) is 0. The Morgan fingerprint density at radius 3 is 2.43 bits per heavy atom. The molecule has 1 N–H and O–H groups in total. The molecule has 5 aromatic rings. The van der Waals surface area contributed by atoms with E-state index >= 15 is 0 Å². The molecule has 0 atom stereocenters. The molecule has 0 aliphatic heterocycles. The van der Waals surface area contributed by atoms with Crippen molar-refractivity contribution >= 4 is 28.9 Å². The molecule has 3 aromatic carbocycles. The number of nitrogens with zero attached hydrogens (tertiary/aromatic N) is 2. The second kappa shape index (κ2) is 10.9. The van der Waals surface area contributed by atoms with Crippen molar-refractivity contribution in [3.05, 3.63) is 114 Å². The van der Waals surface area contributed by atoms with Gasteiger partial charge in [0.15, 0.2) is 4.34 Å². The Balaban J connectivity index is 1.43. The third kappa shape index (κ3) is 5.99. The minimum Gasteiger partial charge on any atom is -0.370 e. The number of aryl methyl sites for hydroxylation is 2. The van der Waals surface area contributed by atoms with E-state index < -0.39 is 0 Å². The number of nitrogens with one attached hydrogen (secondary N) is 1. The first kappa shape index (κ1) is 23.3. The van der Waals surface area contributed by atoms with E-state index in [-0.39, 0.29) is 0 Å². The average Bonchev–Trinajstić information content (AvgIpc) is 3.30. The Labute approximate surface area is 215 Å². The molecule has 0 aliphatic carbocycles. The van der Waals surface area contributed by atoms with Gasteiger partial charge in [0.1, 0.15) is 5.82 Å². The van der Waals surface area contributed by atoms with Crippen molar-refractivity contribution in [2.24, 2.45) is 0 Å². The van der Waals surface area contributed by atoms with Crippen molar-refractivity contribution in [3.8, 4) is 21.7 Å². The minimum atomic E-state index is 0.836. The van der Waals surface area contributed by atoms with Crippen LogP contribution in [0.25, 0.3) is 21.7 Å². The lowest BCUT2D eigenvalue weighted by Gasteiger charge is -2.08. The van der Waals surface area contributed by atoms with Gasteiger partial charge in [0.05, 0.1) is 10.6 Å². The van der Waals surface area contributed by atoms with Gasteiger partial charge in [-0.15, -0.1) is 11.3 Å². The number of anilines is 1. The zero-order valence-electron chi connectivity index (χ0n) is 19.9. The largest absolute Gasteiger partial charge is 0.370 e. The van der Waals surface area contributed by atoms with Gasteiger partial charge in [-0.2, -0.15) is 0 Å². The van der Waals surface area contributed by atoms with Crippen molar-refractivity contribution < 1.29 is 0 Å². The third-order valence-electron chi connectivity index (χ3n) is 5.71. The molecular weight excluding hydrogens is 466 g/mol. The Hall–Kier alpha value is -3.41. The number of rotatable bonds is 8. The number of aromatic nitrogens is 2. The SMILES string of the molecule is Cc1ccc(Sc2nc(-c3cccc(C)c3)c(-c3ccnc(NCCc4ccccc4)c3)s2)cc1. The fourth-order valence-electron chi connectivity index (χ4n) is 3.88. The molecule has 0 saturated carbocycles. The molecule has 0 saturated heterocycles. The minimum absolute atomic E-state index is 0.836. The summed E-state index contributed by atoms with van der Waals surface area (Å²) >= 11 is 3.45. The zero-order chi connectivity index (χ0) is 24.0. The van der Waals surface area contributed by atoms with E-state index in [1.165, 1.54) is 26.5 Å². The molecule has 0 aliphatic rings. The summed E-state index contributed by atoms with van der Waals surface area (Å²) in [5.41, 5.74) is 7.10. The first-order valence-corrected chi connectivity index (χ1v) is 13.3. The van der Waals surface area contributed by atoms with E-state index in [9.17, 15) is 0 Å². The first-order valence-electron chi connectivity index (χ1n) is 11.7.